The van der Waals surface area contributed by atoms with Crippen LogP contribution in [-0.4, -0.2) is 5.25 Å². The van der Waals surface area contributed by atoms with E-state index in [0.29, 0.717) is 5.25 Å². The van der Waals surface area contributed by atoms with E-state index < -0.39 is 0 Å². The standard InChI is InChI=1S/C14H12S3/c1-10-6-7-13(17-10)14(11-4-2-8-15-11)12-5-3-9-16-12/h2-10H,1H3. The first-order chi connectivity index (χ1) is 8.34. The highest BCUT2D eigenvalue weighted by Crippen LogP contribution is 2.41. The molecule has 0 N–H and O–H groups in total. The molecule has 0 bridgehead atoms. The van der Waals surface area contributed by atoms with Crippen LogP contribution >= 0.6 is 34.4 Å². The van der Waals surface area contributed by atoms with E-state index in [1.54, 1.807) is 0 Å². The second-order valence-electron chi connectivity index (χ2n) is 3.88. The van der Waals surface area contributed by atoms with Gasteiger partial charge in [-0.3, -0.25) is 0 Å². The predicted molar refractivity (Wildman–Crippen MR) is 80.9 cm³/mol. The molecule has 86 valence electrons. The van der Waals surface area contributed by atoms with Gasteiger partial charge in [0.15, 0.2) is 0 Å². The van der Waals surface area contributed by atoms with Gasteiger partial charge in [-0.25, -0.2) is 0 Å². The highest BCUT2D eigenvalue weighted by atomic mass is 32.2. The van der Waals surface area contributed by atoms with Gasteiger partial charge in [-0.1, -0.05) is 24.3 Å². The summed E-state index contributed by atoms with van der Waals surface area (Å²) in [6, 6.07) is 8.68. The SMILES string of the molecule is CC1C=CC(=C(c2cccs2)c2cccs2)S1. The smallest absolute Gasteiger partial charge is 0.0368 e. The second kappa shape index (κ2) is 4.84. The molecule has 3 heterocycles. The molecule has 0 nitrogen and oxygen atoms in total. The summed E-state index contributed by atoms with van der Waals surface area (Å²) in [6.07, 6.45) is 4.55. The van der Waals surface area contributed by atoms with Crippen molar-refractivity contribution in [2.24, 2.45) is 0 Å². The fraction of sp³-hybridized carbons (Fsp3) is 0.143. The van der Waals surface area contributed by atoms with Crippen molar-refractivity contribution in [2.75, 3.05) is 0 Å². The molecule has 17 heavy (non-hydrogen) atoms. The summed E-state index contributed by atoms with van der Waals surface area (Å²) < 4.78 is 0. The van der Waals surface area contributed by atoms with Gasteiger partial charge in [0, 0.05) is 25.5 Å². The number of hydrogen-bond acceptors (Lipinski definition) is 3. The van der Waals surface area contributed by atoms with Crippen molar-refractivity contribution in [1.82, 2.24) is 0 Å². The van der Waals surface area contributed by atoms with E-state index in [1.165, 1.54) is 20.2 Å². The normalized spacial score (nSPS) is 18.9. The zero-order valence-corrected chi connectivity index (χ0v) is 11.9. The molecule has 3 rings (SSSR count). The number of rotatable bonds is 2. The summed E-state index contributed by atoms with van der Waals surface area (Å²) in [5, 5.41) is 4.90. The molecule has 0 saturated heterocycles. The Morgan fingerprint density at radius 2 is 1.71 bits per heavy atom. The maximum absolute atomic E-state index is 2.28. The van der Waals surface area contributed by atoms with Gasteiger partial charge < -0.3 is 0 Å². The van der Waals surface area contributed by atoms with Crippen molar-refractivity contribution in [3.63, 3.8) is 0 Å². The van der Waals surface area contributed by atoms with E-state index in [-0.39, 0.29) is 0 Å². The van der Waals surface area contributed by atoms with Crippen LogP contribution < -0.4 is 0 Å². The molecule has 0 radical (unpaired) electrons. The Bertz CT molecular complexity index is 508. The van der Waals surface area contributed by atoms with Crippen molar-refractivity contribution in [3.8, 4) is 0 Å². The number of hydrogen-bond donors (Lipinski definition) is 0. The molecule has 0 spiro atoms. The molecule has 1 atom stereocenters. The van der Waals surface area contributed by atoms with Gasteiger partial charge in [-0.2, -0.15) is 0 Å². The lowest BCUT2D eigenvalue weighted by Crippen LogP contribution is -1.86. The monoisotopic (exact) mass is 276 g/mol. The van der Waals surface area contributed by atoms with Gasteiger partial charge in [0.1, 0.15) is 0 Å². The van der Waals surface area contributed by atoms with Crippen LogP contribution in [-0.2, 0) is 0 Å². The molecule has 3 heteroatoms. The lowest BCUT2D eigenvalue weighted by molar-refractivity contribution is 1.27. The molecule has 0 saturated carbocycles. The van der Waals surface area contributed by atoms with Crippen molar-refractivity contribution in [3.05, 3.63) is 61.8 Å². The first-order valence-electron chi connectivity index (χ1n) is 5.51. The quantitative estimate of drug-likeness (QED) is 0.721. The van der Waals surface area contributed by atoms with Crippen LogP contribution in [0, 0.1) is 0 Å². The third kappa shape index (κ3) is 2.28. The highest BCUT2D eigenvalue weighted by molar-refractivity contribution is 8.04. The third-order valence-corrected chi connectivity index (χ3v) is 5.51. The van der Waals surface area contributed by atoms with Crippen molar-refractivity contribution >= 4 is 40.0 Å². The van der Waals surface area contributed by atoms with Crippen LogP contribution in [0.15, 0.2) is 52.1 Å². The fourth-order valence-corrected chi connectivity index (χ4v) is 4.69. The summed E-state index contributed by atoms with van der Waals surface area (Å²) in [5.74, 6) is 0. The van der Waals surface area contributed by atoms with Crippen molar-refractivity contribution < 1.29 is 0 Å². The predicted octanol–water partition coefficient (Wildman–Crippen LogP) is 5.26. The van der Waals surface area contributed by atoms with Gasteiger partial charge in [-0.05, 0) is 29.8 Å². The van der Waals surface area contributed by atoms with Crippen LogP contribution in [0.4, 0.5) is 0 Å². The summed E-state index contributed by atoms with van der Waals surface area (Å²) in [7, 11) is 0. The van der Waals surface area contributed by atoms with E-state index in [9.17, 15) is 0 Å². The minimum atomic E-state index is 0.597. The van der Waals surface area contributed by atoms with Crippen LogP contribution in [0.1, 0.15) is 16.7 Å². The number of thioether (sulfide) groups is 1. The number of allylic oxidation sites excluding steroid dienone is 1. The summed E-state index contributed by atoms with van der Waals surface area (Å²) in [6.45, 7) is 2.24. The molecular weight excluding hydrogens is 264 g/mol. The van der Waals surface area contributed by atoms with Crippen molar-refractivity contribution in [2.45, 2.75) is 12.2 Å². The largest absolute Gasteiger partial charge is 0.144 e. The minimum Gasteiger partial charge on any atom is -0.144 e. The molecule has 0 amide bonds. The van der Waals surface area contributed by atoms with E-state index >= 15 is 0 Å². The van der Waals surface area contributed by atoms with Crippen LogP contribution in [0.3, 0.4) is 0 Å². The van der Waals surface area contributed by atoms with E-state index in [1.807, 2.05) is 34.4 Å². The Balaban J connectivity index is 2.13. The highest BCUT2D eigenvalue weighted by Gasteiger charge is 2.17. The lowest BCUT2D eigenvalue weighted by Gasteiger charge is -2.07. The van der Waals surface area contributed by atoms with E-state index in [2.05, 4.69) is 54.1 Å². The first kappa shape index (κ1) is 11.3. The third-order valence-electron chi connectivity index (χ3n) is 2.61. The van der Waals surface area contributed by atoms with Gasteiger partial charge in [-0.15, -0.1) is 34.4 Å². The lowest BCUT2D eigenvalue weighted by atomic mass is 10.1. The molecule has 2 aromatic heterocycles. The Morgan fingerprint density at radius 3 is 2.12 bits per heavy atom. The zero-order valence-electron chi connectivity index (χ0n) is 9.42. The molecule has 1 aliphatic rings. The molecular formula is C14H12S3. The summed E-state index contributed by atoms with van der Waals surface area (Å²) in [5.41, 5.74) is 1.40. The fourth-order valence-electron chi connectivity index (χ4n) is 1.85. The topological polar surface area (TPSA) is 0 Å². The molecule has 0 aliphatic carbocycles. The summed E-state index contributed by atoms with van der Waals surface area (Å²) >= 11 is 5.59. The average Bonchev–Trinajstić information content (AvgIpc) is 3.02. The van der Waals surface area contributed by atoms with Gasteiger partial charge in [0.05, 0.1) is 0 Å². The molecule has 0 fully saturated rings. The van der Waals surface area contributed by atoms with Crippen LogP contribution in [0.2, 0.25) is 0 Å². The molecule has 1 unspecified atom stereocenters. The molecule has 1 aliphatic heterocycles. The number of thiophene rings is 2. The molecule has 2 aromatic rings. The van der Waals surface area contributed by atoms with E-state index in [0.717, 1.165) is 0 Å². The van der Waals surface area contributed by atoms with Gasteiger partial charge in [0.2, 0.25) is 0 Å². The van der Waals surface area contributed by atoms with Gasteiger partial charge >= 0.3 is 0 Å². The summed E-state index contributed by atoms with van der Waals surface area (Å²) in [4.78, 5) is 4.14. The Morgan fingerprint density at radius 1 is 1.06 bits per heavy atom. The van der Waals surface area contributed by atoms with Crippen LogP contribution in [0.25, 0.3) is 5.57 Å². The minimum absolute atomic E-state index is 0.597. The Kier molecular flexibility index (Phi) is 3.23. The average molecular weight is 276 g/mol. The maximum Gasteiger partial charge on any atom is 0.0368 e. The second-order valence-corrected chi connectivity index (χ2v) is 7.19. The Labute approximate surface area is 114 Å². The first-order valence-corrected chi connectivity index (χ1v) is 8.15. The van der Waals surface area contributed by atoms with Crippen molar-refractivity contribution in [1.29, 1.82) is 0 Å². The Hall–Kier alpha value is -0.770. The van der Waals surface area contributed by atoms with E-state index in [4.69, 9.17) is 0 Å². The maximum atomic E-state index is 2.28. The zero-order chi connectivity index (χ0) is 11.7. The molecule has 0 aromatic carbocycles. The van der Waals surface area contributed by atoms with Crippen LogP contribution in [0.5, 0.6) is 0 Å². The van der Waals surface area contributed by atoms with Gasteiger partial charge in [0.25, 0.3) is 0 Å².